The van der Waals surface area contributed by atoms with Crippen LogP contribution in [0, 0.1) is 0 Å². The van der Waals surface area contributed by atoms with Gasteiger partial charge in [0.1, 0.15) is 11.2 Å². The van der Waals surface area contributed by atoms with E-state index in [1.165, 1.54) is 42.4 Å². The third kappa shape index (κ3) is 5.80. The molecule has 2 aromatic heterocycles. The van der Waals surface area contributed by atoms with Gasteiger partial charge in [-0.2, -0.15) is 0 Å². The first kappa shape index (κ1) is 33.2. The van der Waals surface area contributed by atoms with E-state index >= 15 is 0 Å². The van der Waals surface area contributed by atoms with Crippen LogP contribution in [0.5, 0.6) is 0 Å². The van der Waals surface area contributed by atoms with Gasteiger partial charge in [-0.3, -0.25) is 0 Å². The number of thiophene rings is 1. The van der Waals surface area contributed by atoms with Crippen LogP contribution < -0.4 is 4.90 Å². The monoisotopic (exact) mass is 745 g/mol. The van der Waals surface area contributed by atoms with Crippen molar-refractivity contribution in [1.29, 1.82) is 0 Å². The lowest BCUT2D eigenvalue weighted by molar-refractivity contribution is 0.669. The first-order valence-corrected chi connectivity index (χ1v) is 20.1. The maximum Gasteiger partial charge on any atom is 0.136 e. The molecule has 0 bridgehead atoms. The second-order valence-electron chi connectivity index (χ2n) is 14.5. The molecule has 11 rings (SSSR count). The molecule has 0 fully saturated rings. The number of furan rings is 1. The Kier molecular flexibility index (Phi) is 8.04. The zero-order chi connectivity index (χ0) is 37.7. The maximum atomic E-state index is 6.36. The largest absolute Gasteiger partial charge is 0.456 e. The van der Waals surface area contributed by atoms with Crippen LogP contribution in [-0.4, -0.2) is 0 Å². The smallest absolute Gasteiger partial charge is 0.136 e. The van der Waals surface area contributed by atoms with Crippen molar-refractivity contribution < 1.29 is 4.42 Å². The van der Waals surface area contributed by atoms with Gasteiger partial charge in [-0.25, -0.2) is 0 Å². The van der Waals surface area contributed by atoms with Gasteiger partial charge in [0.2, 0.25) is 0 Å². The van der Waals surface area contributed by atoms with E-state index in [0.29, 0.717) is 0 Å². The molecule has 0 aliphatic carbocycles. The summed E-state index contributed by atoms with van der Waals surface area (Å²) >= 11 is 1.86. The highest BCUT2D eigenvalue weighted by atomic mass is 32.1. The molecule has 0 saturated carbocycles. The average molecular weight is 746 g/mol. The summed E-state index contributed by atoms with van der Waals surface area (Å²) in [7, 11) is 0. The highest BCUT2D eigenvalue weighted by Crippen LogP contribution is 2.48. The maximum absolute atomic E-state index is 6.36. The van der Waals surface area contributed by atoms with Crippen molar-refractivity contribution in [2.45, 2.75) is 0 Å². The molecule has 0 radical (unpaired) electrons. The molecule has 0 N–H and O–H groups in total. The Bertz CT molecular complexity index is 3210. The fourth-order valence-corrected chi connectivity index (χ4v) is 9.59. The first-order valence-electron chi connectivity index (χ1n) is 19.3. The molecule has 0 amide bonds. The number of para-hydroxylation sites is 1. The number of anilines is 3. The Hall–Kier alpha value is -7.20. The van der Waals surface area contributed by atoms with Crippen molar-refractivity contribution in [2.75, 3.05) is 4.90 Å². The number of hydrogen-bond donors (Lipinski definition) is 0. The summed E-state index contributed by atoms with van der Waals surface area (Å²) < 4.78 is 8.91. The number of hydrogen-bond acceptors (Lipinski definition) is 3. The topological polar surface area (TPSA) is 16.4 Å². The van der Waals surface area contributed by atoms with Crippen LogP contribution in [0.15, 0.2) is 217 Å². The molecule has 2 nitrogen and oxygen atoms in total. The molecule has 268 valence electrons. The van der Waals surface area contributed by atoms with Crippen molar-refractivity contribution in [3.05, 3.63) is 212 Å². The van der Waals surface area contributed by atoms with Crippen molar-refractivity contribution in [2.24, 2.45) is 0 Å². The van der Waals surface area contributed by atoms with Crippen molar-refractivity contribution in [1.82, 2.24) is 0 Å². The zero-order valence-corrected chi connectivity index (χ0v) is 31.8. The molecule has 0 unspecified atom stereocenters. The lowest BCUT2D eigenvalue weighted by atomic mass is 9.91. The molecule has 9 aromatic carbocycles. The summed E-state index contributed by atoms with van der Waals surface area (Å²) in [4.78, 5) is 2.43. The van der Waals surface area contributed by atoms with Crippen molar-refractivity contribution >= 4 is 70.5 Å². The van der Waals surface area contributed by atoms with Crippen molar-refractivity contribution in [3.63, 3.8) is 0 Å². The Morgan fingerprint density at radius 3 is 1.67 bits per heavy atom. The van der Waals surface area contributed by atoms with E-state index in [0.717, 1.165) is 61.3 Å². The highest BCUT2D eigenvalue weighted by Gasteiger charge is 2.21. The molecular weight excluding hydrogens is 711 g/mol. The van der Waals surface area contributed by atoms with Gasteiger partial charge >= 0.3 is 0 Å². The number of nitrogens with zero attached hydrogens (tertiary/aromatic N) is 1. The van der Waals surface area contributed by atoms with E-state index in [1.807, 2.05) is 17.4 Å². The van der Waals surface area contributed by atoms with Crippen LogP contribution in [0.2, 0.25) is 0 Å². The average Bonchev–Trinajstić information content (AvgIpc) is 3.87. The second-order valence-corrected chi connectivity index (χ2v) is 15.5. The number of rotatable bonds is 7. The minimum Gasteiger partial charge on any atom is -0.456 e. The second kappa shape index (κ2) is 13.8. The summed E-state index contributed by atoms with van der Waals surface area (Å²) in [6.45, 7) is 0. The summed E-state index contributed by atoms with van der Waals surface area (Å²) in [5.74, 6) is 0. The van der Waals surface area contributed by atoms with Gasteiger partial charge in [0, 0.05) is 37.6 Å². The van der Waals surface area contributed by atoms with E-state index in [2.05, 4.69) is 211 Å². The molecule has 3 heteroatoms. The Balaban J connectivity index is 1.09. The molecule has 11 aromatic rings. The standard InChI is InChI=1S/C54H35NOS/c1-3-13-36(14-4-1)37-25-27-38(28-26-37)39-29-31-41(32-30-39)55(49-21-11-20-46-44-17-8-10-24-52(44)57-54(46)49)42-33-34-43(48(35-42)40-15-5-2-6-16-40)45-19-12-23-51-53(45)47-18-7-9-22-50(47)56-51/h1-35H. The van der Waals surface area contributed by atoms with E-state index in [9.17, 15) is 0 Å². The summed E-state index contributed by atoms with van der Waals surface area (Å²) in [6.07, 6.45) is 0. The Labute approximate surface area is 335 Å². The van der Waals surface area contributed by atoms with Crippen LogP contribution in [-0.2, 0) is 0 Å². The molecule has 0 aliphatic heterocycles. The van der Waals surface area contributed by atoms with Crippen LogP contribution in [0.25, 0.3) is 86.6 Å². The third-order valence-electron chi connectivity index (χ3n) is 11.1. The van der Waals surface area contributed by atoms with Gasteiger partial charge in [-0.1, -0.05) is 164 Å². The van der Waals surface area contributed by atoms with Crippen LogP contribution in [0.4, 0.5) is 17.1 Å². The SMILES string of the molecule is c1ccc(-c2ccc(-c3ccc(N(c4ccc(-c5cccc6oc7ccccc7c56)c(-c5ccccc5)c4)c4cccc5c4sc4ccccc45)cc3)cc2)cc1. The number of benzene rings is 9. The van der Waals surface area contributed by atoms with Crippen LogP contribution in [0.3, 0.4) is 0 Å². The summed E-state index contributed by atoms with van der Waals surface area (Å²) in [5.41, 5.74) is 14.6. The minimum atomic E-state index is 0.893. The Morgan fingerprint density at radius 1 is 0.351 bits per heavy atom. The summed E-state index contributed by atoms with van der Waals surface area (Å²) in [5, 5.41) is 4.82. The predicted octanol–water partition coefficient (Wildman–Crippen LogP) is 16.1. The fraction of sp³-hybridized carbons (Fsp3) is 0. The predicted molar refractivity (Wildman–Crippen MR) is 243 cm³/mol. The molecule has 57 heavy (non-hydrogen) atoms. The van der Waals surface area contributed by atoms with E-state index in [4.69, 9.17) is 4.42 Å². The summed E-state index contributed by atoms with van der Waals surface area (Å²) in [6, 6.07) is 76.4. The quantitative estimate of drug-likeness (QED) is 0.162. The lowest BCUT2D eigenvalue weighted by Gasteiger charge is -2.27. The van der Waals surface area contributed by atoms with Crippen LogP contribution in [0.1, 0.15) is 0 Å². The Morgan fingerprint density at radius 2 is 0.912 bits per heavy atom. The normalized spacial score (nSPS) is 11.5. The van der Waals surface area contributed by atoms with E-state index in [-0.39, 0.29) is 0 Å². The minimum absolute atomic E-state index is 0.893. The van der Waals surface area contributed by atoms with E-state index < -0.39 is 0 Å². The van der Waals surface area contributed by atoms with Crippen molar-refractivity contribution in [3.8, 4) is 44.5 Å². The highest BCUT2D eigenvalue weighted by molar-refractivity contribution is 7.26. The van der Waals surface area contributed by atoms with E-state index in [1.54, 1.807) is 0 Å². The van der Waals surface area contributed by atoms with Gasteiger partial charge in [0.15, 0.2) is 0 Å². The molecule has 0 atom stereocenters. The fourth-order valence-electron chi connectivity index (χ4n) is 8.39. The zero-order valence-electron chi connectivity index (χ0n) is 31.0. The van der Waals surface area contributed by atoms with Gasteiger partial charge in [0.05, 0.1) is 10.4 Å². The van der Waals surface area contributed by atoms with Gasteiger partial charge in [-0.05, 0) is 93.0 Å². The van der Waals surface area contributed by atoms with Crippen LogP contribution >= 0.6 is 11.3 Å². The van der Waals surface area contributed by atoms with Gasteiger partial charge in [-0.15, -0.1) is 11.3 Å². The molecule has 0 saturated heterocycles. The first-order chi connectivity index (χ1) is 28.3. The molecule has 2 heterocycles. The lowest BCUT2D eigenvalue weighted by Crippen LogP contribution is -2.10. The molecule has 0 aliphatic rings. The molecule has 0 spiro atoms. The number of fused-ring (bicyclic) bond motifs is 6. The molecular formula is C54H35NOS. The van der Waals surface area contributed by atoms with Gasteiger partial charge < -0.3 is 9.32 Å². The third-order valence-corrected chi connectivity index (χ3v) is 12.3. The van der Waals surface area contributed by atoms with Gasteiger partial charge in [0.25, 0.3) is 0 Å².